The molecule has 0 aliphatic heterocycles. The molecule has 2 aromatic carbocycles. The number of hydrogen-bond donors (Lipinski definition) is 1. The van der Waals surface area contributed by atoms with E-state index >= 15 is 0 Å². The van der Waals surface area contributed by atoms with Crippen molar-refractivity contribution >= 4 is 11.9 Å². The standard InChI is InChI=1S/C21H25NO6/c1-25-13-16-4-7-17(8-5-16)21(24)28-14-20(23)22-11-10-15-6-9-18(26-2)19(12-15)27-3/h4-9,12H,10-11,13-14H2,1-3H3,(H,22,23). The average molecular weight is 387 g/mol. The summed E-state index contributed by atoms with van der Waals surface area (Å²) in [4.78, 5) is 23.9. The molecule has 1 N–H and O–H groups in total. The highest BCUT2D eigenvalue weighted by molar-refractivity contribution is 5.91. The Hall–Kier alpha value is -3.06. The Labute approximate surface area is 164 Å². The van der Waals surface area contributed by atoms with E-state index in [1.54, 1.807) is 45.6 Å². The number of nitrogens with one attached hydrogen (secondary N) is 1. The second kappa shape index (κ2) is 10.9. The number of carbonyl (C=O) groups is 2. The van der Waals surface area contributed by atoms with Crippen LogP contribution in [0.4, 0.5) is 0 Å². The van der Waals surface area contributed by atoms with E-state index in [1.165, 1.54) is 0 Å². The maximum absolute atomic E-state index is 12.0. The fourth-order valence-electron chi connectivity index (χ4n) is 2.55. The van der Waals surface area contributed by atoms with Crippen LogP contribution in [0.1, 0.15) is 21.5 Å². The summed E-state index contributed by atoms with van der Waals surface area (Å²) < 4.78 is 20.5. The molecule has 0 aliphatic rings. The summed E-state index contributed by atoms with van der Waals surface area (Å²) in [5.41, 5.74) is 2.33. The highest BCUT2D eigenvalue weighted by atomic mass is 16.5. The molecule has 0 atom stereocenters. The van der Waals surface area contributed by atoms with Crippen molar-refractivity contribution in [3.05, 3.63) is 59.2 Å². The van der Waals surface area contributed by atoms with Gasteiger partial charge in [-0.1, -0.05) is 18.2 Å². The van der Waals surface area contributed by atoms with E-state index in [1.807, 2.05) is 18.2 Å². The molecule has 0 aliphatic carbocycles. The van der Waals surface area contributed by atoms with Gasteiger partial charge in [0.1, 0.15) is 0 Å². The number of benzene rings is 2. The van der Waals surface area contributed by atoms with Crippen molar-refractivity contribution in [2.24, 2.45) is 0 Å². The highest BCUT2D eigenvalue weighted by Gasteiger charge is 2.10. The summed E-state index contributed by atoms with van der Waals surface area (Å²) in [7, 11) is 4.75. The summed E-state index contributed by atoms with van der Waals surface area (Å²) in [6.45, 7) is 0.556. The number of methoxy groups -OCH3 is 3. The van der Waals surface area contributed by atoms with Gasteiger partial charge >= 0.3 is 5.97 Å². The van der Waals surface area contributed by atoms with Crippen molar-refractivity contribution in [1.82, 2.24) is 5.32 Å². The molecule has 0 aromatic heterocycles. The molecule has 0 saturated heterocycles. The van der Waals surface area contributed by atoms with Crippen LogP contribution in [-0.2, 0) is 27.3 Å². The minimum atomic E-state index is -0.543. The monoisotopic (exact) mass is 387 g/mol. The van der Waals surface area contributed by atoms with E-state index < -0.39 is 5.97 Å². The average Bonchev–Trinajstić information content (AvgIpc) is 2.72. The Morgan fingerprint density at radius 2 is 1.57 bits per heavy atom. The van der Waals surface area contributed by atoms with Crippen molar-refractivity contribution in [2.45, 2.75) is 13.0 Å². The van der Waals surface area contributed by atoms with E-state index in [0.717, 1.165) is 11.1 Å². The van der Waals surface area contributed by atoms with E-state index in [2.05, 4.69) is 5.32 Å². The minimum Gasteiger partial charge on any atom is -0.493 e. The summed E-state index contributed by atoms with van der Waals surface area (Å²) in [5.74, 6) is 0.387. The predicted octanol–water partition coefficient (Wildman–Crippen LogP) is 2.37. The third-order valence-electron chi connectivity index (χ3n) is 4.02. The zero-order valence-electron chi connectivity index (χ0n) is 16.3. The smallest absolute Gasteiger partial charge is 0.338 e. The third kappa shape index (κ3) is 6.28. The molecule has 0 unspecified atom stereocenters. The van der Waals surface area contributed by atoms with Crippen molar-refractivity contribution in [3.8, 4) is 11.5 Å². The number of hydrogen-bond acceptors (Lipinski definition) is 6. The van der Waals surface area contributed by atoms with Gasteiger partial charge in [-0.3, -0.25) is 4.79 Å². The van der Waals surface area contributed by atoms with Crippen LogP contribution in [0.15, 0.2) is 42.5 Å². The van der Waals surface area contributed by atoms with Crippen LogP contribution < -0.4 is 14.8 Å². The molecule has 7 heteroatoms. The Bertz CT molecular complexity index is 788. The number of amides is 1. The normalized spacial score (nSPS) is 10.2. The van der Waals surface area contributed by atoms with Gasteiger partial charge in [0, 0.05) is 13.7 Å². The SMILES string of the molecule is COCc1ccc(C(=O)OCC(=O)NCCc2ccc(OC)c(OC)c2)cc1. The van der Waals surface area contributed by atoms with Crippen molar-refractivity contribution in [2.75, 3.05) is 34.5 Å². The van der Waals surface area contributed by atoms with E-state index in [0.29, 0.717) is 36.6 Å². The quantitative estimate of drug-likeness (QED) is 0.630. The Kier molecular flexibility index (Phi) is 8.30. The van der Waals surface area contributed by atoms with E-state index in [9.17, 15) is 9.59 Å². The largest absolute Gasteiger partial charge is 0.493 e. The third-order valence-corrected chi connectivity index (χ3v) is 4.02. The van der Waals surface area contributed by atoms with Gasteiger partial charge in [0.05, 0.1) is 26.4 Å². The molecule has 7 nitrogen and oxygen atoms in total. The summed E-state index contributed by atoms with van der Waals surface area (Å²) in [6.07, 6.45) is 0.612. The molecule has 0 saturated carbocycles. The predicted molar refractivity (Wildman–Crippen MR) is 104 cm³/mol. The first-order chi connectivity index (χ1) is 13.6. The molecule has 0 fully saturated rings. The van der Waals surface area contributed by atoms with Gasteiger partial charge in [-0.25, -0.2) is 4.79 Å². The molecule has 28 heavy (non-hydrogen) atoms. The first kappa shape index (κ1) is 21.2. The second-order valence-electron chi connectivity index (χ2n) is 6.00. The van der Waals surface area contributed by atoms with Crippen LogP contribution in [0.2, 0.25) is 0 Å². The zero-order valence-corrected chi connectivity index (χ0v) is 16.3. The zero-order chi connectivity index (χ0) is 20.4. The van der Waals surface area contributed by atoms with Crippen LogP contribution in [0.5, 0.6) is 11.5 Å². The number of rotatable bonds is 10. The van der Waals surface area contributed by atoms with Gasteiger partial charge in [0.25, 0.3) is 5.91 Å². The Morgan fingerprint density at radius 3 is 2.21 bits per heavy atom. The molecular weight excluding hydrogens is 362 g/mol. The molecular formula is C21H25NO6. The van der Waals surface area contributed by atoms with Gasteiger partial charge in [0.2, 0.25) is 0 Å². The first-order valence-corrected chi connectivity index (χ1v) is 8.80. The first-order valence-electron chi connectivity index (χ1n) is 8.80. The molecule has 2 rings (SSSR count). The fourth-order valence-corrected chi connectivity index (χ4v) is 2.55. The Balaban J connectivity index is 1.74. The van der Waals surface area contributed by atoms with Crippen molar-refractivity contribution < 1.29 is 28.5 Å². The Morgan fingerprint density at radius 1 is 0.893 bits per heavy atom. The lowest BCUT2D eigenvalue weighted by molar-refractivity contribution is -0.124. The van der Waals surface area contributed by atoms with Gasteiger partial charge in [-0.15, -0.1) is 0 Å². The number of ether oxygens (including phenoxy) is 4. The maximum Gasteiger partial charge on any atom is 0.338 e. The van der Waals surface area contributed by atoms with Gasteiger partial charge in [-0.2, -0.15) is 0 Å². The molecule has 2 aromatic rings. The fraction of sp³-hybridized carbons (Fsp3) is 0.333. The lowest BCUT2D eigenvalue weighted by Crippen LogP contribution is -2.30. The van der Waals surface area contributed by atoms with Crippen molar-refractivity contribution in [3.63, 3.8) is 0 Å². The topological polar surface area (TPSA) is 83.1 Å². The highest BCUT2D eigenvalue weighted by Crippen LogP contribution is 2.27. The van der Waals surface area contributed by atoms with Crippen LogP contribution >= 0.6 is 0 Å². The lowest BCUT2D eigenvalue weighted by Gasteiger charge is -2.10. The maximum atomic E-state index is 12.0. The van der Waals surface area contributed by atoms with Gasteiger partial charge in [-0.05, 0) is 41.8 Å². The van der Waals surface area contributed by atoms with Crippen molar-refractivity contribution in [1.29, 1.82) is 0 Å². The molecule has 150 valence electrons. The summed E-state index contributed by atoms with van der Waals surface area (Å²) >= 11 is 0. The van der Waals surface area contributed by atoms with Crippen LogP contribution in [-0.4, -0.2) is 46.4 Å². The molecule has 0 heterocycles. The van der Waals surface area contributed by atoms with Crippen LogP contribution in [0.3, 0.4) is 0 Å². The lowest BCUT2D eigenvalue weighted by atomic mass is 10.1. The molecule has 1 amide bonds. The summed E-state index contributed by atoms with van der Waals surface area (Å²) in [5, 5.41) is 2.73. The van der Waals surface area contributed by atoms with Crippen LogP contribution in [0, 0.1) is 0 Å². The van der Waals surface area contributed by atoms with Gasteiger partial charge in [0.15, 0.2) is 18.1 Å². The minimum absolute atomic E-state index is 0.329. The number of esters is 1. The number of carbonyl (C=O) groups excluding carboxylic acids is 2. The van der Waals surface area contributed by atoms with Crippen LogP contribution in [0.25, 0.3) is 0 Å². The summed E-state index contributed by atoms with van der Waals surface area (Å²) in [6, 6.07) is 12.4. The van der Waals surface area contributed by atoms with E-state index in [-0.39, 0.29) is 12.5 Å². The van der Waals surface area contributed by atoms with Gasteiger partial charge < -0.3 is 24.3 Å². The van der Waals surface area contributed by atoms with E-state index in [4.69, 9.17) is 18.9 Å². The molecule has 0 spiro atoms. The molecule has 0 bridgehead atoms. The second-order valence-corrected chi connectivity index (χ2v) is 6.00. The molecule has 0 radical (unpaired) electrons.